The van der Waals surface area contributed by atoms with Gasteiger partial charge in [-0.15, -0.1) is 0 Å². The second-order valence-electron chi connectivity index (χ2n) is 2.71. The standard InChI is InChI=1S/C6H11NO3/c1-3-4-5-6(2,10-5)7(8)9/h5H,3-4H2,1-2H3. The molecule has 0 spiro atoms. The van der Waals surface area contributed by atoms with E-state index in [1.54, 1.807) is 0 Å². The number of nitrogens with zero attached hydrogens (tertiary/aromatic N) is 1. The highest BCUT2D eigenvalue weighted by atomic mass is 16.7. The van der Waals surface area contributed by atoms with Crippen LogP contribution in [0.1, 0.15) is 26.7 Å². The smallest absolute Gasteiger partial charge is 0.299 e. The van der Waals surface area contributed by atoms with Crippen molar-refractivity contribution in [3.63, 3.8) is 0 Å². The summed E-state index contributed by atoms with van der Waals surface area (Å²) in [6, 6.07) is 0. The lowest BCUT2D eigenvalue weighted by molar-refractivity contribution is -0.558. The SMILES string of the molecule is CCCC1OC1(C)[N+](=O)[O-]. The number of ether oxygens (including phenoxy) is 1. The summed E-state index contributed by atoms with van der Waals surface area (Å²) in [5, 5.41) is 10.2. The van der Waals surface area contributed by atoms with Gasteiger partial charge in [0.15, 0.2) is 6.10 Å². The first-order valence-electron chi connectivity index (χ1n) is 3.43. The molecule has 1 fully saturated rings. The van der Waals surface area contributed by atoms with E-state index < -0.39 is 5.72 Å². The normalized spacial score (nSPS) is 37.6. The molecule has 4 heteroatoms. The third-order valence-corrected chi connectivity index (χ3v) is 1.83. The molecule has 0 bridgehead atoms. The fourth-order valence-electron chi connectivity index (χ4n) is 1.00. The molecule has 0 aromatic carbocycles. The van der Waals surface area contributed by atoms with Gasteiger partial charge in [0.2, 0.25) is 0 Å². The zero-order valence-corrected chi connectivity index (χ0v) is 6.16. The molecule has 1 heterocycles. The molecule has 58 valence electrons. The minimum Gasteiger partial charge on any atom is -0.299 e. The topological polar surface area (TPSA) is 55.7 Å². The van der Waals surface area contributed by atoms with Gasteiger partial charge < -0.3 is 0 Å². The van der Waals surface area contributed by atoms with E-state index in [9.17, 15) is 10.1 Å². The average Bonchev–Trinajstić information content (AvgIpc) is 2.45. The molecule has 4 nitrogen and oxygen atoms in total. The van der Waals surface area contributed by atoms with Crippen molar-refractivity contribution >= 4 is 0 Å². The zero-order valence-electron chi connectivity index (χ0n) is 6.16. The molecule has 1 saturated heterocycles. The number of hydrogen-bond donors (Lipinski definition) is 0. The van der Waals surface area contributed by atoms with Crippen LogP contribution in [-0.4, -0.2) is 16.8 Å². The molecule has 0 aromatic heterocycles. The van der Waals surface area contributed by atoms with Crippen molar-refractivity contribution in [1.82, 2.24) is 0 Å². The van der Waals surface area contributed by atoms with E-state index in [1.165, 1.54) is 6.92 Å². The lowest BCUT2D eigenvalue weighted by Crippen LogP contribution is -2.21. The predicted molar refractivity (Wildman–Crippen MR) is 35.2 cm³/mol. The van der Waals surface area contributed by atoms with E-state index >= 15 is 0 Å². The maximum atomic E-state index is 10.2. The second-order valence-corrected chi connectivity index (χ2v) is 2.71. The quantitative estimate of drug-likeness (QED) is 0.340. The van der Waals surface area contributed by atoms with Crippen molar-refractivity contribution < 1.29 is 9.66 Å². The molecule has 1 rings (SSSR count). The number of nitro groups is 1. The van der Waals surface area contributed by atoms with Gasteiger partial charge in [-0.3, -0.25) is 14.9 Å². The number of epoxide rings is 1. The highest BCUT2D eigenvalue weighted by Gasteiger charge is 2.64. The maximum absolute atomic E-state index is 10.2. The molecule has 2 unspecified atom stereocenters. The van der Waals surface area contributed by atoms with Crippen LogP contribution in [0.25, 0.3) is 0 Å². The fraction of sp³-hybridized carbons (Fsp3) is 1.00. The average molecular weight is 145 g/mol. The molecular formula is C6H11NO3. The van der Waals surface area contributed by atoms with Crippen LogP contribution in [-0.2, 0) is 4.74 Å². The monoisotopic (exact) mass is 145 g/mol. The number of hydrogen-bond acceptors (Lipinski definition) is 3. The Bertz CT molecular complexity index is 159. The molecule has 0 amide bonds. The molecule has 1 aliphatic heterocycles. The maximum Gasteiger partial charge on any atom is 0.348 e. The van der Waals surface area contributed by atoms with Crippen LogP contribution in [0.15, 0.2) is 0 Å². The molecule has 10 heavy (non-hydrogen) atoms. The van der Waals surface area contributed by atoms with Crippen molar-refractivity contribution in [2.24, 2.45) is 0 Å². The van der Waals surface area contributed by atoms with Crippen molar-refractivity contribution in [3.8, 4) is 0 Å². The molecule has 0 aliphatic carbocycles. The van der Waals surface area contributed by atoms with Gasteiger partial charge in [0.25, 0.3) is 0 Å². The van der Waals surface area contributed by atoms with E-state index in [0.29, 0.717) is 0 Å². The van der Waals surface area contributed by atoms with Crippen LogP contribution in [0.5, 0.6) is 0 Å². The van der Waals surface area contributed by atoms with Crippen molar-refractivity contribution in [2.45, 2.75) is 38.5 Å². The van der Waals surface area contributed by atoms with Crippen molar-refractivity contribution in [3.05, 3.63) is 10.1 Å². The fourth-order valence-corrected chi connectivity index (χ4v) is 1.00. The molecular weight excluding hydrogens is 134 g/mol. The predicted octanol–water partition coefficient (Wildman–Crippen LogP) is 1.18. The third-order valence-electron chi connectivity index (χ3n) is 1.83. The first-order chi connectivity index (χ1) is 4.61. The Morgan fingerprint density at radius 3 is 2.70 bits per heavy atom. The summed E-state index contributed by atoms with van der Waals surface area (Å²) in [6.07, 6.45) is 1.58. The van der Waals surface area contributed by atoms with E-state index in [1.807, 2.05) is 6.92 Å². The highest BCUT2D eigenvalue weighted by molar-refractivity contribution is 4.88. The Labute approximate surface area is 59.3 Å². The van der Waals surface area contributed by atoms with Gasteiger partial charge in [-0.1, -0.05) is 13.3 Å². The zero-order chi connectivity index (χ0) is 7.78. The van der Waals surface area contributed by atoms with Gasteiger partial charge in [-0.25, -0.2) is 0 Å². The van der Waals surface area contributed by atoms with Crippen LogP contribution < -0.4 is 0 Å². The summed E-state index contributed by atoms with van der Waals surface area (Å²) < 4.78 is 4.91. The van der Waals surface area contributed by atoms with E-state index in [-0.39, 0.29) is 11.0 Å². The molecule has 0 aromatic rings. The van der Waals surface area contributed by atoms with E-state index in [0.717, 1.165) is 12.8 Å². The van der Waals surface area contributed by atoms with Gasteiger partial charge >= 0.3 is 5.72 Å². The summed E-state index contributed by atoms with van der Waals surface area (Å²) in [6.45, 7) is 3.51. The van der Waals surface area contributed by atoms with Crippen molar-refractivity contribution in [2.75, 3.05) is 0 Å². The first kappa shape index (κ1) is 7.47. The molecule has 0 N–H and O–H groups in total. The molecule has 2 atom stereocenters. The van der Waals surface area contributed by atoms with E-state index in [2.05, 4.69) is 0 Å². The first-order valence-corrected chi connectivity index (χ1v) is 3.43. The van der Waals surface area contributed by atoms with Gasteiger partial charge in [0, 0.05) is 6.92 Å². The summed E-state index contributed by atoms with van der Waals surface area (Å²) in [5.74, 6) is 0. The Morgan fingerprint density at radius 1 is 1.80 bits per heavy atom. The van der Waals surface area contributed by atoms with Crippen LogP contribution >= 0.6 is 0 Å². The molecule has 1 aliphatic rings. The van der Waals surface area contributed by atoms with Crippen LogP contribution in [0.2, 0.25) is 0 Å². The van der Waals surface area contributed by atoms with Crippen molar-refractivity contribution in [1.29, 1.82) is 0 Å². The molecule has 0 radical (unpaired) electrons. The third kappa shape index (κ3) is 0.988. The van der Waals surface area contributed by atoms with Crippen LogP contribution in [0.3, 0.4) is 0 Å². The molecule has 0 saturated carbocycles. The second kappa shape index (κ2) is 2.20. The van der Waals surface area contributed by atoms with Gasteiger partial charge in [0.1, 0.15) is 0 Å². The Morgan fingerprint density at radius 2 is 2.40 bits per heavy atom. The lowest BCUT2D eigenvalue weighted by atomic mass is 10.2. The summed E-state index contributed by atoms with van der Waals surface area (Å²) in [5.41, 5.74) is -1.06. The Balaban J connectivity index is 2.40. The highest BCUT2D eigenvalue weighted by Crippen LogP contribution is 2.39. The summed E-state index contributed by atoms with van der Waals surface area (Å²) >= 11 is 0. The Kier molecular flexibility index (Phi) is 1.64. The summed E-state index contributed by atoms with van der Waals surface area (Å²) in [4.78, 5) is 9.90. The minimum absolute atomic E-state index is 0.146. The van der Waals surface area contributed by atoms with Crippen LogP contribution in [0, 0.1) is 10.1 Å². The largest absolute Gasteiger partial charge is 0.348 e. The Hall–Kier alpha value is -0.640. The lowest BCUT2D eigenvalue weighted by Gasteiger charge is -1.93. The van der Waals surface area contributed by atoms with E-state index in [4.69, 9.17) is 4.74 Å². The van der Waals surface area contributed by atoms with Gasteiger partial charge in [0.05, 0.1) is 4.92 Å². The minimum atomic E-state index is -1.06. The van der Waals surface area contributed by atoms with Gasteiger partial charge in [-0.2, -0.15) is 0 Å². The van der Waals surface area contributed by atoms with Crippen LogP contribution in [0.4, 0.5) is 0 Å². The summed E-state index contributed by atoms with van der Waals surface area (Å²) in [7, 11) is 0. The van der Waals surface area contributed by atoms with Gasteiger partial charge in [-0.05, 0) is 6.42 Å². The number of rotatable bonds is 3.